The molecule has 2 aromatic carbocycles. The van der Waals surface area contributed by atoms with Crippen LogP contribution in [0.1, 0.15) is 16.7 Å². The van der Waals surface area contributed by atoms with Crippen LogP contribution in [0, 0.1) is 6.92 Å². The predicted octanol–water partition coefficient (Wildman–Crippen LogP) is 3.77. The van der Waals surface area contributed by atoms with Crippen LogP contribution >= 0.6 is 0 Å². The van der Waals surface area contributed by atoms with E-state index in [0.717, 1.165) is 13.1 Å². The molecule has 1 aromatic heterocycles. The zero-order valence-electron chi connectivity index (χ0n) is 11.1. The molecule has 1 heterocycles. The highest BCUT2D eigenvalue weighted by molar-refractivity contribution is 5.82. The van der Waals surface area contributed by atoms with Gasteiger partial charge in [0.15, 0.2) is 0 Å². The van der Waals surface area contributed by atoms with Crippen LogP contribution in [0.15, 0.2) is 54.7 Å². The van der Waals surface area contributed by atoms with Gasteiger partial charge in [-0.15, -0.1) is 0 Å². The fraction of sp³-hybridized carbons (Fsp3) is 0.176. The van der Waals surface area contributed by atoms with E-state index in [1.54, 1.807) is 0 Å². The molecule has 0 aliphatic heterocycles. The molecule has 19 heavy (non-hydrogen) atoms. The van der Waals surface area contributed by atoms with Crippen molar-refractivity contribution in [3.63, 3.8) is 0 Å². The number of aromatic amines is 1. The van der Waals surface area contributed by atoms with Crippen LogP contribution in [0.4, 0.5) is 0 Å². The smallest absolute Gasteiger partial charge is 0.0457 e. The summed E-state index contributed by atoms with van der Waals surface area (Å²) in [6.07, 6.45) is 2.00. The Morgan fingerprint density at radius 1 is 0.895 bits per heavy atom. The van der Waals surface area contributed by atoms with Crippen molar-refractivity contribution in [2.24, 2.45) is 0 Å². The highest BCUT2D eigenvalue weighted by atomic mass is 14.8. The molecule has 0 bridgehead atoms. The van der Waals surface area contributed by atoms with Gasteiger partial charge in [-0.05, 0) is 35.7 Å². The van der Waals surface area contributed by atoms with Gasteiger partial charge in [0.25, 0.3) is 0 Å². The van der Waals surface area contributed by atoms with Crippen LogP contribution in [0.25, 0.3) is 10.9 Å². The van der Waals surface area contributed by atoms with Crippen molar-refractivity contribution < 1.29 is 0 Å². The molecule has 2 heteroatoms. The molecule has 0 aliphatic rings. The molecule has 3 aromatic rings. The van der Waals surface area contributed by atoms with E-state index < -0.39 is 0 Å². The van der Waals surface area contributed by atoms with Crippen LogP contribution in [0.5, 0.6) is 0 Å². The fourth-order valence-electron chi connectivity index (χ4n) is 2.44. The number of fused-ring (bicyclic) bond motifs is 1. The third-order valence-electron chi connectivity index (χ3n) is 3.58. The minimum absolute atomic E-state index is 0.892. The first-order valence-corrected chi connectivity index (χ1v) is 6.65. The lowest BCUT2D eigenvalue weighted by Crippen LogP contribution is -2.13. The number of hydrogen-bond donors (Lipinski definition) is 2. The monoisotopic (exact) mass is 250 g/mol. The summed E-state index contributed by atoms with van der Waals surface area (Å²) in [6, 6.07) is 17.0. The summed E-state index contributed by atoms with van der Waals surface area (Å²) >= 11 is 0. The third kappa shape index (κ3) is 2.54. The molecule has 96 valence electrons. The van der Waals surface area contributed by atoms with Crippen molar-refractivity contribution in [1.82, 2.24) is 10.3 Å². The fourth-order valence-corrected chi connectivity index (χ4v) is 2.44. The first kappa shape index (κ1) is 12.0. The Hall–Kier alpha value is -2.06. The van der Waals surface area contributed by atoms with Crippen molar-refractivity contribution in [2.45, 2.75) is 20.0 Å². The van der Waals surface area contributed by atoms with Gasteiger partial charge in [-0.2, -0.15) is 0 Å². The second kappa shape index (κ2) is 5.29. The summed E-state index contributed by atoms with van der Waals surface area (Å²) < 4.78 is 0. The molecule has 3 rings (SSSR count). The van der Waals surface area contributed by atoms with E-state index in [2.05, 4.69) is 65.8 Å². The largest absolute Gasteiger partial charge is 0.361 e. The molecule has 0 amide bonds. The summed E-state index contributed by atoms with van der Waals surface area (Å²) in [4.78, 5) is 3.25. The lowest BCUT2D eigenvalue weighted by atomic mass is 10.1. The second-order valence-electron chi connectivity index (χ2n) is 4.89. The van der Waals surface area contributed by atoms with E-state index in [1.807, 2.05) is 6.20 Å². The van der Waals surface area contributed by atoms with Crippen LogP contribution in [-0.4, -0.2) is 4.98 Å². The molecular weight excluding hydrogens is 232 g/mol. The number of aromatic nitrogens is 1. The van der Waals surface area contributed by atoms with Crippen LogP contribution in [-0.2, 0) is 13.1 Å². The molecule has 0 saturated heterocycles. The number of aryl methyl sites for hydroxylation is 1. The van der Waals surface area contributed by atoms with E-state index in [0.29, 0.717) is 0 Å². The minimum atomic E-state index is 0.892. The zero-order chi connectivity index (χ0) is 13.1. The number of hydrogen-bond acceptors (Lipinski definition) is 1. The second-order valence-corrected chi connectivity index (χ2v) is 4.89. The van der Waals surface area contributed by atoms with Gasteiger partial charge >= 0.3 is 0 Å². The quantitative estimate of drug-likeness (QED) is 0.725. The molecule has 0 spiro atoms. The lowest BCUT2D eigenvalue weighted by Gasteiger charge is -2.08. The average Bonchev–Trinajstić information content (AvgIpc) is 2.90. The predicted molar refractivity (Wildman–Crippen MR) is 80.0 cm³/mol. The molecule has 0 fully saturated rings. The van der Waals surface area contributed by atoms with Crippen molar-refractivity contribution in [2.75, 3.05) is 0 Å². The molecule has 0 radical (unpaired) electrons. The molecule has 0 aliphatic carbocycles. The Balaban J connectivity index is 1.70. The average molecular weight is 250 g/mol. The lowest BCUT2D eigenvalue weighted by molar-refractivity contribution is 0.694. The molecule has 0 atom stereocenters. The van der Waals surface area contributed by atoms with Gasteiger partial charge in [0.2, 0.25) is 0 Å². The van der Waals surface area contributed by atoms with E-state index >= 15 is 0 Å². The van der Waals surface area contributed by atoms with E-state index in [1.165, 1.54) is 27.6 Å². The first-order valence-electron chi connectivity index (χ1n) is 6.65. The summed E-state index contributed by atoms with van der Waals surface area (Å²) in [6.45, 7) is 3.96. The highest BCUT2D eigenvalue weighted by Gasteiger charge is 2.01. The number of H-pyrrole nitrogens is 1. The molecule has 2 nitrogen and oxygen atoms in total. The minimum Gasteiger partial charge on any atom is -0.361 e. The molecular formula is C17H18N2. The maximum absolute atomic E-state index is 3.53. The molecule has 0 unspecified atom stereocenters. The molecule has 2 N–H and O–H groups in total. The van der Waals surface area contributed by atoms with Gasteiger partial charge in [-0.1, -0.05) is 36.4 Å². The van der Waals surface area contributed by atoms with E-state index in [-0.39, 0.29) is 0 Å². The van der Waals surface area contributed by atoms with Crippen LogP contribution in [0.3, 0.4) is 0 Å². The summed E-state index contributed by atoms with van der Waals surface area (Å²) in [7, 11) is 0. The summed E-state index contributed by atoms with van der Waals surface area (Å²) in [5.74, 6) is 0. The van der Waals surface area contributed by atoms with Gasteiger partial charge in [0.1, 0.15) is 0 Å². The summed E-state index contributed by atoms with van der Waals surface area (Å²) in [5.41, 5.74) is 5.25. The Morgan fingerprint density at radius 2 is 1.68 bits per heavy atom. The Labute approximate surface area is 113 Å². The summed E-state index contributed by atoms with van der Waals surface area (Å²) in [5, 5.41) is 4.83. The normalized spacial score (nSPS) is 11.0. The van der Waals surface area contributed by atoms with Gasteiger partial charge in [0, 0.05) is 30.2 Å². The van der Waals surface area contributed by atoms with E-state index in [4.69, 9.17) is 0 Å². The standard InChI is InChI=1S/C17H18N2/c1-13-5-2-3-6-14(13)11-18-12-15-7-4-8-17-16(15)9-10-19-17/h2-10,18-19H,11-12H2,1H3. The van der Waals surface area contributed by atoms with Gasteiger partial charge < -0.3 is 10.3 Å². The Bertz CT molecular complexity index is 682. The van der Waals surface area contributed by atoms with Gasteiger partial charge in [-0.3, -0.25) is 0 Å². The van der Waals surface area contributed by atoms with Gasteiger partial charge in [0.05, 0.1) is 0 Å². The SMILES string of the molecule is Cc1ccccc1CNCc1cccc2[nH]ccc12. The topological polar surface area (TPSA) is 27.8 Å². The Kier molecular flexibility index (Phi) is 3.34. The maximum atomic E-state index is 3.53. The van der Waals surface area contributed by atoms with Gasteiger partial charge in [-0.25, -0.2) is 0 Å². The number of rotatable bonds is 4. The number of benzene rings is 2. The Morgan fingerprint density at radius 3 is 2.58 bits per heavy atom. The highest BCUT2D eigenvalue weighted by Crippen LogP contribution is 2.17. The number of nitrogens with one attached hydrogen (secondary N) is 2. The van der Waals surface area contributed by atoms with Crippen LogP contribution in [0.2, 0.25) is 0 Å². The molecule has 0 saturated carbocycles. The zero-order valence-corrected chi connectivity index (χ0v) is 11.1. The van der Waals surface area contributed by atoms with Crippen molar-refractivity contribution in [3.8, 4) is 0 Å². The van der Waals surface area contributed by atoms with Crippen molar-refractivity contribution >= 4 is 10.9 Å². The van der Waals surface area contributed by atoms with Crippen molar-refractivity contribution in [1.29, 1.82) is 0 Å². The van der Waals surface area contributed by atoms with E-state index in [9.17, 15) is 0 Å². The third-order valence-corrected chi connectivity index (χ3v) is 3.58. The first-order chi connectivity index (χ1) is 9.34. The van der Waals surface area contributed by atoms with Crippen molar-refractivity contribution in [3.05, 3.63) is 71.4 Å². The van der Waals surface area contributed by atoms with Crippen LogP contribution < -0.4 is 5.32 Å². The maximum Gasteiger partial charge on any atom is 0.0457 e.